The summed E-state index contributed by atoms with van der Waals surface area (Å²) in [6.45, 7) is 1.63. The van der Waals surface area contributed by atoms with Gasteiger partial charge in [0.15, 0.2) is 0 Å². The molecule has 80 valence electrons. The molecule has 1 heterocycles. The van der Waals surface area contributed by atoms with Gasteiger partial charge in [-0.3, -0.25) is 4.79 Å². The summed E-state index contributed by atoms with van der Waals surface area (Å²) in [5.74, 6) is 0. The molecule has 15 heavy (non-hydrogen) atoms. The molecule has 0 radical (unpaired) electrons. The molecule has 1 aromatic carbocycles. The van der Waals surface area contributed by atoms with E-state index in [0.29, 0.717) is 19.8 Å². The Balaban J connectivity index is 2.22. The summed E-state index contributed by atoms with van der Waals surface area (Å²) < 4.78 is 5.36. The van der Waals surface area contributed by atoms with Gasteiger partial charge in [-0.05, 0) is 17.2 Å². The highest BCUT2D eigenvalue weighted by molar-refractivity contribution is 6.62. The van der Waals surface area contributed by atoms with Gasteiger partial charge in [-0.15, -0.1) is 0 Å². The van der Waals surface area contributed by atoms with Crippen LogP contribution in [0.5, 0.6) is 0 Å². The van der Waals surface area contributed by atoms with Gasteiger partial charge in [0.1, 0.15) is 0 Å². The summed E-state index contributed by atoms with van der Waals surface area (Å²) in [6.07, 6.45) is 0. The third kappa shape index (κ3) is 2.30. The average molecular weight is 226 g/mol. The molecule has 1 aliphatic heterocycles. The first-order chi connectivity index (χ1) is 7.29. The second-order valence-electron chi connectivity index (χ2n) is 3.45. The Hall–Kier alpha value is -1.06. The van der Waals surface area contributed by atoms with Crippen LogP contribution in [0.1, 0.15) is 11.6 Å². The van der Waals surface area contributed by atoms with Crippen molar-refractivity contribution < 1.29 is 9.53 Å². The molecule has 1 unspecified atom stereocenters. The lowest BCUT2D eigenvalue weighted by Crippen LogP contribution is -2.40. The minimum Gasteiger partial charge on any atom is -0.377 e. The molecule has 0 spiro atoms. The summed E-state index contributed by atoms with van der Waals surface area (Å²) in [6, 6.07) is 9.74. The minimum absolute atomic E-state index is 0.0510. The van der Waals surface area contributed by atoms with Crippen LogP contribution < -0.4 is 0 Å². The van der Waals surface area contributed by atoms with Crippen molar-refractivity contribution in [3.05, 3.63) is 35.9 Å². The number of ether oxygens (including phenoxy) is 1. The van der Waals surface area contributed by atoms with Crippen LogP contribution in [-0.4, -0.2) is 30.0 Å². The summed E-state index contributed by atoms with van der Waals surface area (Å²) in [5.41, 5.74) is 1.06. The molecule has 0 saturated carbocycles. The Labute approximate surface area is 93.6 Å². The highest BCUT2D eigenvalue weighted by atomic mass is 35.5. The monoisotopic (exact) mass is 225 g/mol. The van der Waals surface area contributed by atoms with Crippen LogP contribution in [-0.2, 0) is 4.74 Å². The molecular weight excluding hydrogens is 214 g/mol. The van der Waals surface area contributed by atoms with Crippen molar-refractivity contribution in [1.82, 2.24) is 4.90 Å². The van der Waals surface area contributed by atoms with E-state index >= 15 is 0 Å². The van der Waals surface area contributed by atoms with Gasteiger partial charge >= 0.3 is 5.37 Å². The van der Waals surface area contributed by atoms with Crippen LogP contribution in [0.25, 0.3) is 0 Å². The number of halogens is 1. The van der Waals surface area contributed by atoms with Crippen molar-refractivity contribution in [2.24, 2.45) is 0 Å². The number of rotatable bonds is 1. The highest BCUT2D eigenvalue weighted by Crippen LogP contribution is 2.24. The van der Waals surface area contributed by atoms with E-state index in [4.69, 9.17) is 16.3 Å². The van der Waals surface area contributed by atoms with Crippen molar-refractivity contribution in [2.75, 3.05) is 19.8 Å². The number of carbonyl (C=O) groups is 1. The van der Waals surface area contributed by atoms with Gasteiger partial charge in [-0.25, -0.2) is 0 Å². The Kier molecular flexibility index (Phi) is 3.23. The summed E-state index contributed by atoms with van der Waals surface area (Å²) >= 11 is 5.53. The summed E-state index contributed by atoms with van der Waals surface area (Å²) in [7, 11) is 0. The van der Waals surface area contributed by atoms with Gasteiger partial charge in [0.2, 0.25) is 0 Å². The topological polar surface area (TPSA) is 29.5 Å². The van der Waals surface area contributed by atoms with E-state index in [1.807, 2.05) is 30.3 Å². The first-order valence-corrected chi connectivity index (χ1v) is 5.25. The van der Waals surface area contributed by atoms with Crippen molar-refractivity contribution in [3.8, 4) is 0 Å². The average Bonchev–Trinajstić information content (AvgIpc) is 2.30. The third-order valence-corrected chi connectivity index (χ3v) is 2.76. The fraction of sp³-hybridized carbons (Fsp3) is 0.364. The van der Waals surface area contributed by atoms with Crippen molar-refractivity contribution in [2.45, 2.75) is 6.04 Å². The lowest BCUT2D eigenvalue weighted by atomic mass is 10.1. The van der Waals surface area contributed by atoms with Crippen LogP contribution in [0.15, 0.2) is 30.3 Å². The number of hydrogen-bond donors (Lipinski definition) is 0. The quantitative estimate of drug-likeness (QED) is 0.543. The maximum absolute atomic E-state index is 11.2. The Bertz CT molecular complexity index is 342. The van der Waals surface area contributed by atoms with Gasteiger partial charge in [-0.1, -0.05) is 30.3 Å². The lowest BCUT2D eigenvalue weighted by Gasteiger charge is -2.34. The molecule has 1 fully saturated rings. The largest absolute Gasteiger partial charge is 0.377 e. The molecule has 0 N–H and O–H groups in total. The van der Waals surface area contributed by atoms with Crippen LogP contribution in [0.2, 0.25) is 0 Å². The number of hydrogen-bond acceptors (Lipinski definition) is 2. The van der Waals surface area contributed by atoms with Crippen LogP contribution in [0, 0.1) is 0 Å². The molecule has 1 atom stereocenters. The van der Waals surface area contributed by atoms with Gasteiger partial charge in [-0.2, -0.15) is 0 Å². The minimum atomic E-state index is -0.410. The first kappa shape index (κ1) is 10.5. The number of carbonyl (C=O) groups excluding carboxylic acids is 1. The molecule has 3 nitrogen and oxygen atoms in total. The zero-order valence-corrected chi connectivity index (χ0v) is 8.98. The Morgan fingerprint density at radius 1 is 1.40 bits per heavy atom. The molecule has 1 saturated heterocycles. The summed E-state index contributed by atoms with van der Waals surface area (Å²) in [5, 5.41) is -0.410. The van der Waals surface area contributed by atoms with Crippen LogP contribution in [0.3, 0.4) is 0 Å². The predicted molar refractivity (Wildman–Crippen MR) is 58.0 cm³/mol. The normalized spacial score (nSPS) is 21.4. The Morgan fingerprint density at radius 3 is 2.80 bits per heavy atom. The van der Waals surface area contributed by atoms with Gasteiger partial charge < -0.3 is 9.64 Å². The van der Waals surface area contributed by atoms with E-state index in [2.05, 4.69) is 0 Å². The molecule has 1 amide bonds. The molecular formula is C11H12ClNO2. The van der Waals surface area contributed by atoms with E-state index in [1.165, 1.54) is 0 Å². The van der Waals surface area contributed by atoms with Crippen molar-refractivity contribution >= 4 is 17.0 Å². The maximum Gasteiger partial charge on any atom is 0.317 e. The van der Waals surface area contributed by atoms with Crippen molar-refractivity contribution in [3.63, 3.8) is 0 Å². The third-order valence-electron chi connectivity index (χ3n) is 2.54. The molecule has 0 aromatic heterocycles. The number of amides is 1. The lowest BCUT2D eigenvalue weighted by molar-refractivity contribution is 0.0172. The van der Waals surface area contributed by atoms with E-state index in [1.54, 1.807) is 4.90 Å². The zero-order valence-electron chi connectivity index (χ0n) is 8.23. The van der Waals surface area contributed by atoms with Crippen LogP contribution >= 0.6 is 11.6 Å². The fourth-order valence-corrected chi connectivity index (χ4v) is 1.97. The van der Waals surface area contributed by atoms with E-state index in [0.717, 1.165) is 5.56 Å². The predicted octanol–water partition coefficient (Wildman–Crippen LogP) is 2.42. The standard InChI is InChI=1S/C11H12ClNO2/c12-11(14)13-6-7-15-8-10(13)9-4-2-1-3-5-9/h1-5,10H,6-8H2. The van der Waals surface area contributed by atoms with E-state index in [9.17, 15) is 4.79 Å². The number of benzene rings is 1. The Morgan fingerprint density at radius 2 is 2.13 bits per heavy atom. The SMILES string of the molecule is O=C(Cl)N1CCOCC1c1ccccc1. The van der Waals surface area contributed by atoms with Gasteiger partial charge in [0.05, 0.1) is 19.3 Å². The molecule has 2 rings (SSSR count). The molecule has 0 bridgehead atoms. The second-order valence-corrected chi connectivity index (χ2v) is 3.77. The van der Waals surface area contributed by atoms with Gasteiger partial charge in [0, 0.05) is 6.54 Å². The molecule has 4 heteroatoms. The molecule has 1 aromatic rings. The summed E-state index contributed by atoms with van der Waals surface area (Å²) in [4.78, 5) is 12.9. The fourth-order valence-electron chi connectivity index (χ4n) is 1.77. The number of nitrogens with zero attached hydrogens (tertiary/aromatic N) is 1. The second kappa shape index (κ2) is 4.64. The zero-order chi connectivity index (χ0) is 10.7. The van der Waals surface area contributed by atoms with E-state index < -0.39 is 5.37 Å². The first-order valence-electron chi connectivity index (χ1n) is 4.88. The molecule has 1 aliphatic rings. The van der Waals surface area contributed by atoms with Crippen LogP contribution in [0.4, 0.5) is 4.79 Å². The van der Waals surface area contributed by atoms with Crippen molar-refractivity contribution in [1.29, 1.82) is 0 Å². The van der Waals surface area contributed by atoms with Gasteiger partial charge in [0.25, 0.3) is 0 Å². The smallest absolute Gasteiger partial charge is 0.317 e. The maximum atomic E-state index is 11.2. The number of morpholine rings is 1. The highest BCUT2D eigenvalue weighted by Gasteiger charge is 2.27. The van der Waals surface area contributed by atoms with E-state index in [-0.39, 0.29) is 6.04 Å². The molecule has 0 aliphatic carbocycles.